The molecule has 0 bridgehead atoms. The summed E-state index contributed by atoms with van der Waals surface area (Å²) in [4.78, 5) is 28.3. The SMILES string of the molecule is CC[C@@H](C(=O)NC1CCCC1)N(Cc1c(Cl)cccc1Cl)C(=O)CCCN(c1ccccc1F)S(C)(=O)=O. The molecule has 38 heavy (non-hydrogen) atoms. The van der Waals surface area contributed by atoms with Gasteiger partial charge < -0.3 is 10.2 Å². The quantitative estimate of drug-likeness (QED) is 0.354. The molecule has 1 aliphatic rings. The average molecular weight is 587 g/mol. The molecule has 2 aromatic carbocycles. The normalized spacial score (nSPS) is 14.8. The van der Waals surface area contributed by atoms with Crippen LogP contribution in [-0.4, -0.2) is 50.0 Å². The molecule has 1 aliphatic carbocycles. The molecule has 7 nitrogen and oxygen atoms in total. The highest BCUT2D eigenvalue weighted by Crippen LogP contribution is 2.28. The zero-order valence-electron chi connectivity index (χ0n) is 21.6. The van der Waals surface area contributed by atoms with Crippen LogP contribution < -0.4 is 9.62 Å². The second kappa shape index (κ2) is 13.6. The molecule has 3 rings (SSSR count). The van der Waals surface area contributed by atoms with Crippen LogP contribution in [0.15, 0.2) is 42.5 Å². The first-order valence-corrected chi connectivity index (χ1v) is 15.4. The van der Waals surface area contributed by atoms with E-state index in [1.165, 1.54) is 23.1 Å². The Morgan fingerprint density at radius 2 is 1.71 bits per heavy atom. The number of benzene rings is 2. The van der Waals surface area contributed by atoms with Crippen molar-refractivity contribution in [2.24, 2.45) is 0 Å². The Balaban J connectivity index is 1.81. The zero-order valence-corrected chi connectivity index (χ0v) is 24.0. The summed E-state index contributed by atoms with van der Waals surface area (Å²) in [6.45, 7) is 1.76. The third kappa shape index (κ3) is 7.83. The third-order valence-electron chi connectivity index (χ3n) is 6.75. The molecule has 0 saturated heterocycles. The van der Waals surface area contributed by atoms with Gasteiger partial charge in [0.2, 0.25) is 21.8 Å². The Morgan fingerprint density at radius 1 is 1.08 bits per heavy atom. The number of rotatable bonds is 12. The molecule has 0 radical (unpaired) electrons. The van der Waals surface area contributed by atoms with Crippen molar-refractivity contribution in [3.63, 3.8) is 0 Å². The van der Waals surface area contributed by atoms with Crippen molar-refractivity contribution in [3.8, 4) is 0 Å². The molecule has 2 aromatic rings. The Bertz CT molecular complexity index is 1220. The van der Waals surface area contributed by atoms with Crippen LogP contribution in [0.2, 0.25) is 10.0 Å². The molecule has 2 amide bonds. The molecule has 1 N–H and O–H groups in total. The minimum atomic E-state index is -3.80. The second-order valence-electron chi connectivity index (χ2n) is 9.53. The van der Waals surface area contributed by atoms with Gasteiger partial charge in [-0.3, -0.25) is 13.9 Å². The lowest BCUT2D eigenvalue weighted by molar-refractivity contribution is -0.141. The molecule has 1 fully saturated rings. The Morgan fingerprint density at radius 3 is 2.29 bits per heavy atom. The number of hydrogen-bond donors (Lipinski definition) is 1. The molecule has 11 heteroatoms. The fourth-order valence-electron chi connectivity index (χ4n) is 4.78. The molecule has 0 heterocycles. The van der Waals surface area contributed by atoms with Crippen LogP contribution in [0.5, 0.6) is 0 Å². The van der Waals surface area contributed by atoms with Crippen LogP contribution in [0.25, 0.3) is 0 Å². The van der Waals surface area contributed by atoms with Gasteiger partial charge in [0.05, 0.1) is 11.9 Å². The molecule has 0 aliphatic heterocycles. The third-order valence-corrected chi connectivity index (χ3v) is 8.64. The van der Waals surface area contributed by atoms with Crippen molar-refractivity contribution in [1.29, 1.82) is 0 Å². The van der Waals surface area contributed by atoms with Gasteiger partial charge in [0.1, 0.15) is 11.9 Å². The zero-order chi connectivity index (χ0) is 27.9. The maximum Gasteiger partial charge on any atom is 0.243 e. The van der Waals surface area contributed by atoms with Crippen LogP contribution >= 0.6 is 23.2 Å². The summed E-state index contributed by atoms with van der Waals surface area (Å²) in [6.07, 6.45) is 5.35. The highest BCUT2D eigenvalue weighted by atomic mass is 35.5. The van der Waals surface area contributed by atoms with E-state index in [4.69, 9.17) is 23.2 Å². The van der Waals surface area contributed by atoms with E-state index in [9.17, 15) is 22.4 Å². The lowest BCUT2D eigenvalue weighted by Crippen LogP contribution is -2.51. The Labute approximate surface area is 234 Å². The van der Waals surface area contributed by atoms with Crippen molar-refractivity contribution >= 4 is 50.7 Å². The fourth-order valence-corrected chi connectivity index (χ4v) is 6.26. The summed E-state index contributed by atoms with van der Waals surface area (Å²) in [5.41, 5.74) is 0.449. The van der Waals surface area contributed by atoms with Crippen molar-refractivity contribution in [1.82, 2.24) is 10.2 Å². The fraction of sp³-hybridized carbons (Fsp3) is 0.481. The van der Waals surface area contributed by atoms with E-state index in [2.05, 4.69) is 5.32 Å². The predicted octanol–water partition coefficient (Wildman–Crippen LogP) is 5.54. The monoisotopic (exact) mass is 585 g/mol. The maximum atomic E-state index is 14.4. The number of nitrogens with one attached hydrogen (secondary N) is 1. The molecular formula is C27H34Cl2FN3O4S. The average Bonchev–Trinajstić information content (AvgIpc) is 3.36. The number of amides is 2. The lowest BCUT2D eigenvalue weighted by Gasteiger charge is -2.32. The number of halogens is 3. The number of carbonyl (C=O) groups excluding carboxylic acids is 2. The van der Waals surface area contributed by atoms with Crippen molar-refractivity contribution in [3.05, 3.63) is 63.9 Å². The summed E-state index contributed by atoms with van der Waals surface area (Å²) >= 11 is 12.8. The van der Waals surface area contributed by atoms with Crippen molar-refractivity contribution in [2.75, 3.05) is 17.1 Å². The van der Waals surface area contributed by atoms with E-state index < -0.39 is 21.9 Å². The van der Waals surface area contributed by atoms with Crippen LogP contribution in [0, 0.1) is 5.82 Å². The minimum Gasteiger partial charge on any atom is -0.352 e. The molecular weight excluding hydrogens is 552 g/mol. The molecule has 1 saturated carbocycles. The van der Waals surface area contributed by atoms with Gasteiger partial charge in [0, 0.05) is 41.2 Å². The van der Waals surface area contributed by atoms with Gasteiger partial charge in [0.15, 0.2) is 0 Å². The first kappa shape index (κ1) is 30.2. The highest BCUT2D eigenvalue weighted by Gasteiger charge is 2.31. The number of hydrogen-bond acceptors (Lipinski definition) is 4. The summed E-state index contributed by atoms with van der Waals surface area (Å²) in [6, 6.07) is 9.95. The van der Waals surface area contributed by atoms with Crippen LogP contribution in [0.4, 0.5) is 10.1 Å². The first-order chi connectivity index (χ1) is 18.0. The minimum absolute atomic E-state index is 0.0248. The number of anilines is 1. The van der Waals surface area contributed by atoms with Crippen LogP contribution in [0.1, 0.15) is 57.4 Å². The topological polar surface area (TPSA) is 86.8 Å². The van der Waals surface area contributed by atoms with Crippen LogP contribution in [-0.2, 0) is 26.2 Å². The molecule has 0 aromatic heterocycles. The van der Waals surface area contributed by atoms with Gasteiger partial charge in [-0.15, -0.1) is 0 Å². The summed E-state index contributed by atoms with van der Waals surface area (Å²) < 4.78 is 40.1. The van der Waals surface area contributed by atoms with Gasteiger partial charge in [-0.2, -0.15) is 0 Å². The van der Waals surface area contributed by atoms with Gasteiger partial charge in [-0.25, -0.2) is 12.8 Å². The molecule has 0 unspecified atom stereocenters. The number of carbonyl (C=O) groups is 2. The highest BCUT2D eigenvalue weighted by molar-refractivity contribution is 7.92. The molecule has 1 atom stereocenters. The van der Waals surface area contributed by atoms with E-state index in [1.807, 2.05) is 6.92 Å². The predicted molar refractivity (Wildman–Crippen MR) is 149 cm³/mol. The van der Waals surface area contributed by atoms with Gasteiger partial charge in [-0.05, 0) is 49.9 Å². The summed E-state index contributed by atoms with van der Waals surface area (Å²) in [7, 11) is -3.80. The molecule has 208 valence electrons. The maximum absolute atomic E-state index is 14.4. The van der Waals surface area contributed by atoms with E-state index >= 15 is 0 Å². The Kier molecular flexibility index (Phi) is 10.8. The second-order valence-corrected chi connectivity index (χ2v) is 12.2. The largest absolute Gasteiger partial charge is 0.352 e. The van der Waals surface area contributed by atoms with Gasteiger partial charge in [-0.1, -0.05) is 61.2 Å². The number of para-hydroxylation sites is 1. The van der Waals surface area contributed by atoms with E-state index in [0.717, 1.165) is 36.2 Å². The molecule has 0 spiro atoms. The van der Waals surface area contributed by atoms with E-state index in [0.29, 0.717) is 22.0 Å². The van der Waals surface area contributed by atoms with E-state index in [-0.39, 0.29) is 49.5 Å². The first-order valence-electron chi connectivity index (χ1n) is 12.8. The summed E-state index contributed by atoms with van der Waals surface area (Å²) in [5.74, 6) is -1.26. The van der Waals surface area contributed by atoms with Crippen molar-refractivity contribution < 1.29 is 22.4 Å². The number of sulfonamides is 1. The van der Waals surface area contributed by atoms with Crippen molar-refractivity contribution in [2.45, 2.75) is 70.5 Å². The number of nitrogens with zero attached hydrogens (tertiary/aromatic N) is 2. The lowest BCUT2D eigenvalue weighted by atomic mass is 10.1. The van der Waals surface area contributed by atoms with Crippen LogP contribution in [0.3, 0.4) is 0 Å². The van der Waals surface area contributed by atoms with Gasteiger partial charge in [0.25, 0.3) is 0 Å². The van der Waals surface area contributed by atoms with E-state index in [1.54, 1.807) is 24.3 Å². The summed E-state index contributed by atoms with van der Waals surface area (Å²) in [5, 5.41) is 3.83. The Hall–Kier alpha value is -2.36. The standard InChI is InChI=1S/C27H34Cl2FN3O4S/c1-3-24(27(35)31-19-10-4-5-11-19)32(18-20-21(28)12-8-13-22(20)29)26(34)16-9-17-33(38(2,36)37)25-15-7-6-14-23(25)30/h6-8,12-15,19,24H,3-5,9-11,16-18H2,1-2H3,(H,31,35)/t24-/m0/s1. The van der Waals surface area contributed by atoms with Gasteiger partial charge >= 0.3 is 0 Å². The smallest absolute Gasteiger partial charge is 0.243 e.